The summed E-state index contributed by atoms with van der Waals surface area (Å²) in [5, 5.41) is 2.97. The second-order valence-electron chi connectivity index (χ2n) is 4.92. The normalized spacial score (nSPS) is 19.6. The summed E-state index contributed by atoms with van der Waals surface area (Å²) >= 11 is 3.46. The zero-order chi connectivity index (χ0) is 12.5. The van der Waals surface area contributed by atoms with E-state index in [2.05, 4.69) is 21.2 Å². The molecule has 1 atom stereocenters. The Hall–Kier alpha value is -0.0900. The Morgan fingerprint density at radius 3 is 2.59 bits per heavy atom. The molecule has 1 aliphatic rings. The fourth-order valence-corrected chi connectivity index (χ4v) is 2.79. The topological polar surface area (TPSA) is 38.3 Å². The van der Waals surface area contributed by atoms with Crippen LogP contribution in [0.2, 0.25) is 0 Å². The molecule has 1 rings (SSSR count). The maximum atomic E-state index is 11.8. The first-order valence-electron chi connectivity index (χ1n) is 6.62. The van der Waals surface area contributed by atoms with E-state index in [4.69, 9.17) is 4.74 Å². The summed E-state index contributed by atoms with van der Waals surface area (Å²) in [7, 11) is 1.67. The second kappa shape index (κ2) is 8.92. The summed E-state index contributed by atoms with van der Waals surface area (Å²) in [5.74, 6) is 0.797. The van der Waals surface area contributed by atoms with Gasteiger partial charge in [0.1, 0.15) is 0 Å². The lowest BCUT2D eigenvalue weighted by Crippen LogP contribution is -2.32. The van der Waals surface area contributed by atoms with Crippen LogP contribution in [-0.4, -0.2) is 31.0 Å². The number of rotatable bonds is 6. The van der Waals surface area contributed by atoms with Crippen LogP contribution in [0.5, 0.6) is 0 Å². The standard InChI is InChI=1S/C13H24BrNO2/c1-17-10-12(14)9-15-13(16)8-11-6-4-2-3-5-7-11/h11-12H,2-10H2,1H3,(H,15,16). The van der Waals surface area contributed by atoms with Crippen molar-refractivity contribution in [2.45, 2.75) is 49.8 Å². The Morgan fingerprint density at radius 1 is 1.35 bits per heavy atom. The summed E-state index contributed by atoms with van der Waals surface area (Å²) in [6, 6.07) is 0. The van der Waals surface area contributed by atoms with Crippen molar-refractivity contribution in [3.05, 3.63) is 0 Å². The molecule has 0 saturated heterocycles. The fraction of sp³-hybridized carbons (Fsp3) is 0.923. The first kappa shape index (κ1) is 15.0. The third kappa shape index (κ3) is 7.04. The van der Waals surface area contributed by atoms with E-state index >= 15 is 0 Å². The Morgan fingerprint density at radius 2 is 2.00 bits per heavy atom. The summed E-state index contributed by atoms with van der Waals surface area (Å²) < 4.78 is 5.00. The predicted octanol–water partition coefficient (Wildman–Crippen LogP) is 2.87. The molecule has 0 heterocycles. The van der Waals surface area contributed by atoms with Crippen LogP contribution in [0.4, 0.5) is 0 Å². The zero-order valence-corrected chi connectivity index (χ0v) is 12.3. The van der Waals surface area contributed by atoms with Gasteiger partial charge in [0.25, 0.3) is 0 Å². The zero-order valence-electron chi connectivity index (χ0n) is 10.7. The van der Waals surface area contributed by atoms with Crippen LogP contribution >= 0.6 is 15.9 Å². The van der Waals surface area contributed by atoms with E-state index in [0.717, 1.165) is 0 Å². The molecule has 0 aromatic rings. The molecule has 3 nitrogen and oxygen atoms in total. The van der Waals surface area contributed by atoms with Gasteiger partial charge in [-0.1, -0.05) is 41.6 Å². The highest BCUT2D eigenvalue weighted by atomic mass is 79.9. The van der Waals surface area contributed by atoms with Crippen molar-refractivity contribution in [3.8, 4) is 0 Å². The SMILES string of the molecule is COCC(Br)CNC(=O)CC1CCCCCC1. The minimum absolute atomic E-state index is 0.192. The van der Waals surface area contributed by atoms with Gasteiger partial charge < -0.3 is 10.1 Å². The number of carbonyl (C=O) groups is 1. The Kier molecular flexibility index (Phi) is 7.86. The predicted molar refractivity (Wildman–Crippen MR) is 73.4 cm³/mol. The van der Waals surface area contributed by atoms with Crippen LogP contribution < -0.4 is 5.32 Å². The van der Waals surface area contributed by atoms with Crippen LogP contribution in [-0.2, 0) is 9.53 Å². The Labute approximate surface area is 113 Å². The summed E-state index contributed by atoms with van der Waals surface area (Å²) in [6.45, 7) is 1.28. The summed E-state index contributed by atoms with van der Waals surface area (Å²) in [5.41, 5.74) is 0. The quantitative estimate of drug-likeness (QED) is 0.605. The lowest BCUT2D eigenvalue weighted by atomic mass is 9.96. The van der Waals surface area contributed by atoms with E-state index in [9.17, 15) is 4.79 Å². The smallest absolute Gasteiger partial charge is 0.220 e. The maximum absolute atomic E-state index is 11.8. The molecule has 0 radical (unpaired) electrons. The molecule has 1 N–H and O–H groups in total. The molecule has 1 unspecified atom stereocenters. The number of nitrogens with one attached hydrogen (secondary N) is 1. The fourth-order valence-electron chi connectivity index (χ4n) is 2.37. The number of alkyl halides is 1. The van der Waals surface area contributed by atoms with Crippen molar-refractivity contribution in [3.63, 3.8) is 0 Å². The maximum Gasteiger partial charge on any atom is 0.220 e. The molecule has 1 saturated carbocycles. The van der Waals surface area contributed by atoms with Gasteiger partial charge in [-0.05, 0) is 18.8 Å². The summed E-state index contributed by atoms with van der Waals surface area (Å²) in [4.78, 5) is 12.0. The average molecular weight is 306 g/mol. The monoisotopic (exact) mass is 305 g/mol. The summed E-state index contributed by atoms with van der Waals surface area (Å²) in [6.07, 6.45) is 8.43. The van der Waals surface area contributed by atoms with Gasteiger partial charge in [-0.2, -0.15) is 0 Å². The van der Waals surface area contributed by atoms with Gasteiger partial charge in [-0.3, -0.25) is 4.79 Å². The van der Waals surface area contributed by atoms with Gasteiger partial charge in [-0.15, -0.1) is 0 Å². The van der Waals surface area contributed by atoms with Crippen LogP contribution in [0.3, 0.4) is 0 Å². The van der Waals surface area contributed by atoms with Gasteiger partial charge >= 0.3 is 0 Å². The van der Waals surface area contributed by atoms with Gasteiger partial charge in [0.15, 0.2) is 0 Å². The van der Waals surface area contributed by atoms with E-state index in [1.807, 2.05) is 0 Å². The van der Waals surface area contributed by atoms with Gasteiger partial charge in [0.2, 0.25) is 5.91 Å². The molecule has 1 fully saturated rings. The minimum atomic E-state index is 0.192. The molecule has 0 aromatic carbocycles. The first-order valence-corrected chi connectivity index (χ1v) is 7.53. The number of ether oxygens (including phenoxy) is 1. The van der Waals surface area contributed by atoms with Crippen molar-refractivity contribution < 1.29 is 9.53 Å². The molecule has 0 aromatic heterocycles. The van der Waals surface area contributed by atoms with E-state index in [0.29, 0.717) is 25.5 Å². The van der Waals surface area contributed by atoms with E-state index in [-0.39, 0.29) is 10.7 Å². The number of hydrogen-bond donors (Lipinski definition) is 1. The van der Waals surface area contributed by atoms with Crippen LogP contribution in [0.15, 0.2) is 0 Å². The molecule has 1 aliphatic carbocycles. The highest BCUT2D eigenvalue weighted by molar-refractivity contribution is 9.09. The van der Waals surface area contributed by atoms with Crippen molar-refractivity contribution in [2.24, 2.45) is 5.92 Å². The van der Waals surface area contributed by atoms with Gasteiger partial charge in [-0.25, -0.2) is 0 Å². The van der Waals surface area contributed by atoms with Crippen molar-refractivity contribution >= 4 is 21.8 Å². The third-order valence-electron chi connectivity index (χ3n) is 3.32. The lowest BCUT2D eigenvalue weighted by Gasteiger charge is -2.15. The second-order valence-corrected chi connectivity index (χ2v) is 6.21. The van der Waals surface area contributed by atoms with Crippen LogP contribution in [0.1, 0.15) is 44.9 Å². The molecule has 100 valence electrons. The average Bonchev–Trinajstić information content (AvgIpc) is 2.55. The van der Waals surface area contributed by atoms with E-state index in [1.54, 1.807) is 7.11 Å². The van der Waals surface area contributed by atoms with Crippen molar-refractivity contribution in [2.75, 3.05) is 20.3 Å². The van der Waals surface area contributed by atoms with Crippen molar-refractivity contribution in [1.82, 2.24) is 5.32 Å². The number of methoxy groups -OCH3 is 1. The van der Waals surface area contributed by atoms with Gasteiger partial charge in [0.05, 0.1) is 11.4 Å². The molecule has 4 heteroatoms. The van der Waals surface area contributed by atoms with E-state index < -0.39 is 0 Å². The largest absolute Gasteiger partial charge is 0.383 e. The Balaban J connectivity index is 2.14. The molecular formula is C13H24BrNO2. The molecule has 17 heavy (non-hydrogen) atoms. The highest BCUT2D eigenvalue weighted by Gasteiger charge is 2.16. The molecule has 0 spiro atoms. The Bertz CT molecular complexity index is 215. The van der Waals surface area contributed by atoms with E-state index in [1.165, 1.54) is 38.5 Å². The highest BCUT2D eigenvalue weighted by Crippen LogP contribution is 2.25. The lowest BCUT2D eigenvalue weighted by molar-refractivity contribution is -0.122. The minimum Gasteiger partial charge on any atom is -0.383 e. The molecule has 1 amide bonds. The third-order valence-corrected chi connectivity index (χ3v) is 3.91. The number of hydrogen-bond acceptors (Lipinski definition) is 2. The van der Waals surface area contributed by atoms with Gasteiger partial charge in [0, 0.05) is 20.1 Å². The molecule has 0 bridgehead atoms. The number of amides is 1. The molecular weight excluding hydrogens is 282 g/mol. The number of halogens is 1. The van der Waals surface area contributed by atoms with Crippen LogP contribution in [0, 0.1) is 5.92 Å². The van der Waals surface area contributed by atoms with Crippen molar-refractivity contribution in [1.29, 1.82) is 0 Å². The first-order chi connectivity index (χ1) is 8.22. The molecule has 0 aliphatic heterocycles. The van der Waals surface area contributed by atoms with Crippen LogP contribution in [0.25, 0.3) is 0 Å². The number of carbonyl (C=O) groups excluding carboxylic acids is 1.